The Hall–Kier alpha value is -1.48. The molecule has 0 unspecified atom stereocenters. The predicted molar refractivity (Wildman–Crippen MR) is 119 cm³/mol. The summed E-state index contributed by atoms with van der Waals surface area (Å²) in [7, 11) is 0. The monoisotopic (exact) mass is 529 g/mol. The molecule has 0 saturated carbocycles. The van der Waals surface area contributed by atoms with Gasteiger partial charge in [-0.2, -0.15) is 0 Å². The number of thiocarbonyl (C=S) groups is 1. The first-order chi connectivity index (χ1) is 12.9. The van der Waals surface area contributed by atoms with Crippen molar-refractivity contribution in [3.63, 3.8) is 0 Å². The number of carbonyl (C=O) groups is 1. The quantitative estimate of drug-likeness (QED) is 0.388. The maximum absolute atomic E-state index is 11.7. The molecule has 1 amide bonds. The Morgan fingerprint density at radius 1 is 1.33 bits per heavy atom. The van der Waals surface area contributed by atoms with Crippen molar-refractivity contribution in [1.82, 2.24) is 10.3 Å². The number of hydrogen-bond acceptors (Lipinski definition) is 4. The molecule has 0 fully saturated rings. The van der Waals surface area contributed by atoms with Gasteiger partial charge < -0.3 is 15.1 Å². The fourth-order valence-electron chi connectivity index (χ4n) is 2.42. The lowest BCUT2D eigenvalue weighted by atomic mass is 10.2. The third kappa shape index (κ3) is 4.51. The summed E-state index contributed by atoms with van der Waals surface area (Å²) in [5.74, 6) is 0.282. The lowest BCUT2D eigenvalue weighted by Crippen LogP contribution is -2.34. The van der Waals surface area contributed by atoms with Gasteiger partial charge in [0, 0.05) is 10.9 Å². The lowest BCUT2D eigenvalue weighted by molar-refractivity contribution is -0.119. The molecule has 1 aromatic heterocycles. The van der Waals surface area contributed by atoms with E-state index in [1.807, 2.05) is 25.1 Å². The van der Waals surface area contributed by atoms with Crippen LogP contribution < -0.4 is 10.6 Å². The molecule has 2 N–H and O–H groups in total. The second-order valence-electron chi connectivity index (χ2n) is 5.65. The van der Waals surface area contributed by atoms with Crippen molar-refractivity contribution in [3.8, 4) is 11.5 Å². The molecule has 0 saturated heterocycles. The zero-order valence-electron chi connectivity index (χ0n) is 14.1. The smallest absolute Gasteiger partial charge is 0.228 e. The normalized spacial score (nSPS) is 10.8. The molecule has 0 aliphatic rings. The minimum atomic E-state index is -0.134. The molecule has 0 atom stereocenters. The second kappa shape index (κ2) is 8.68. The third-order valence-electron chi connectivity index (χ3n) is 3.65. The highest BCUT2D eigenvalue weighted by Gasteiger charge is 2.19. The number of nitrogens with one attached hydrogen (secondary N) is 2. The Labute approximate surface area is 183 Å². The van der Waals surface area contributed by atoms with Crippen molar-refractivity contribution in [2.24, 2.45) is 0 Å². The van der Waals surface area contributed by atoms with Crippen molar-refractivity contribution in [1.29, 1.82) is 0 Å². The molecular weight excluding hydrogens is 518 g/mol. The van der Waals surface area contributed by atoms with Crippen LogP contribution in [0.3, 0.4) is 0 Å². The number of rotatable bonds is 4. The highest BCUT2D eigenvalue weighted by atomic mass is 79.9. The fraction of sp³-hybridized carbons (Fsp3) is 0.167. The topological polar surface area (TPSA) is 67.2 Å². The number of anilines is 1. The number of fused-ring (bicyclic) bond motifs is 1. The van der Waals surface area contributed by atoms with Gasteiger partial charge in [0.1, 0.15) is 5.52 Å². The zero-order valence-corrected chi connectivity index (χ0v) is 18.9. The molecule has 27 heavy (non-hydrogen) atoms. The molecule has 0 bridgehead atoms. The zero-order chi connectivity index (χ0) is 19.6. The summed E-state index contributed by atoms with van der Waals surface area (Å²) in [6, 6.07) is 9.11. The van der Waals surface area contributed by atoms with Crippen LogP contribution in [0, 0.1) is 0 Å². The Bertz CT molecular complexity index is 1040. The summed E-state index contributed by atoms with van der Waals surface area (Å²) in [5, 5.41) is 6.43. The van der Waals surface area contributed by atoms with Crippen molar-refractivity contribution < 1.29 is 9.21 Å². The number of hydrogen-bond donors (Lipinski definition) is 2. The van der Waals surface area contributed by atoms with Crippen molar-refractivity contribution in [2.75, 3.05) is 5.32 Å². The van der Waals surface area contributed by atoms with Crippen LogP contribution in [0.5, 0.6) is 0 Å². The number of oxazole rings is 1. The molecule has 3 aromatic rings. The minimum absolute atomic E-state index is 0.134. The molecule has 0 radical (unpaired) electrons. The number of carbonyl (C=O) groups excluding carboxylic acids is 1. The SMILES string of the molecule is CCCC(=O)NC(=S)Nc1c(Br)cc2oc(-c3ccccc3Cl)nc2c1Br. The van der Waals surface area contributed by atoms with Gasteiger partial charge >= 0.3 is 0 Å². The van der Waals surface area contributed by atoms with E-state index in [4.69, 9.17) is 28.2 Å². The fourth-order valence-corrected chi connectivity index (χ4v) is 4.22. The van der Waals surface area contributed by atoms with E-state index in [9.17, 15) is 4.79 Å². The third-order valence-corrected chi connectivity index (χ3v) is 5.58. The largest absolute Gasteiger partial charge is 0.436 e. The van der Waals surface area contributed by atoms with Crippen LogP contribution in [0.25, 0.3) is 22.6 Å². The molecule has 9 heteroatoms. The molecule has 1 heterocycles. The summed E-state index contributed by atoms with van der Waals surface area (Å²) < 4.78 is 7.23. The molecule has 5 nitrogen and oxygen atoms in total. The molecule has 140 valence electrons. The van der Waals surface area contributed by atoms with E-state index in [1.54, 1.807) is 12.1 Å². The summed E-state index contributed by atoms with van der Waals surface area (Å²) in [6.45, 7) is 1.93. The molecule has 0 aliphatic heterocycles. The standard InChI is InChI=1S/C18H14Br2ClN3O2S/c1-2-5-13(25)22-18(27)24-15-10(19)8-12-16(14(15)20)23-17(26-12)9-6-3-4-7-11(9)21/h3-4,6-8H,2,5H2,1H3,(H2,22,24,25,27). The van der Waals surface area contributed by atoms with Gasteiger partial charge in [-0.05, 0) is 68.7 Å². The molecule has 2 aromatic carbocycles. The summed E-state index contributed by atoms with van der Waals surface area (Å²) in [5.41, 5.74) is 2.53. The van der Waals surface area contributed by atoms with Crippen molar-refractivity contribution >= 4 is 83.5 Å². The Morgan fingerprint density at radius 3 is 2.78 bits per heavy atom. The first-order valence-electron chi connectivity index (χ1n) is 8.05. The van der Waals surface area contributed by atoms with Gasteiger partial charge in [-0.25, -0.2) is 4.98 Å². The van der Waals surface area contributed by atoms with E-state index in [-0.39, 0.29) is 11.0 Å². The van der Waals surface area contributed by atoms with Crippen LogP contribution in [0.1, 0.15) is 19.8 Å². The van der Waals surface area contributed by atoms with E-state index in [0.29, 0.717) is 48.6 Å². The van der Waals surface area contributed by atoms with E-state index in [2.05, 4.69) is 47.5 Å². The van der Waals surface area contributed by atoms with E-state index in [0.717, 1.165) is 6.42 Å². The van der Waals surface area contributed by atoms with Gasteiger partial charge in [-0.1, -0.05) is 30.7 Å². The van der Waals surface area contributed by atoms with E-state index >= 15 is 0 Å². The number of aromatic nitrogens is 1. The number of nitrogens with zero attached hydrogens (tertiary/aromatic N) is 1. The molecular formula is C18H14Br2ClN3O2S. The second-order valence-corrected chi connectivity index (χ2v) is 8.11. The first kappa shape index (κ1) is 20.3. The number of amides is 1. The van der Waals surface area contributed by atoms with Gasteiger partial charge in [0.2, 0.25) is 11.8 Å². The molecule has 0 aliphatic carbocycles. The number of benzene rings is 2. The Morgan fingerprint density at radius 2 is 2.07 bits per heavy atom. The van der Waals surface area contributed by atoms with Crippen LogP contribution in [0.2, 0.25) is 5.02 Å². The molecule has 3 rings (SSSR count). The Balaban J connectivity index is 1.95. The predicted octanol–water partition coefficient (Wildman–Crippen LogP) is 6.29. The van der Waals surface area contributed by atoms with Gasteiger partial charge in [-0.3, -0.25) is 4.79 Å². The van der Waals surface area contributed by atoms with Crippen molar-refractivity contribution in [2.45, 2.75) is 19.8 Å². The van der Waals surface area contributed by atoms with E-state index in [1.165, 1.54) is 0 Å². The molecule has 0 spiro atoms. The van der Waals surface area contributed by atoms with Gasteiger partial charge in [0.25, 0.3) is 0 Å². The minimum Gasteiger partial charge on any atom is -0.436 e. The van der Waals surface area contributed by atoms with Gasteiger partial charge in [0.15, 0.2) is 10.7 Å². The summed E-state index contributed by atoms with van der Waals surface area (Å²) >= 11 is 18.5. The summed E-state index contributed by atoms with van der Waals surface area (Å²) in [6.07, 6.45) is 1.16. The van der Waals surface area contributed by atoms with Gasteiger partial charge in [-0.15, -0.1) is 0 Å². The maximum atomic E-state index is 11.7. The maximum Gasteiger partial charge on any atom is 0.228 e. The highest BCUT2D eigenvalue weighted by Crippen LogP contribution is 2.40. The van der Waals surface area contributed by atoms with Crippen LogP contribution in [0.4, 0.5) is 5.69 Å². The average molecular weight is 532 g/mol. The van der Waals surface area contributed by atoms with Crippen LogP contribution in [0.15, 0.2) is 43.7 Å². The highest BCUT2D eigenvalue weighted by molar-refractivity contribution is 9.11. The van der Waals surface area contributed by atoms with Crippen molar-refractivity contribution in [3.05, 3.63) is 44.3 Å². The van der Waals surface area contributed by atoms with E-state index < -0.39 is 0 Å². The lowest BCUT2D eigenvalue weighted by Gasteiger charge is -2.12. The van der Waals surface area contributed by atoms with Crippen LogP contribution >= 0.6 is 55.7 Å². The average Bonchev–Trinajstić information content (AvgIpc) is 3.03. The first-order valence-corrected chi connectivity index (χ1v) is 10.4. The van der Waals surface area contributed by atoms with Crippen LogP contribution in [-0.4, -0.2) is 16.0 Å². The van der Waals surface area contributed by atoms with Gasteiger partial charge in [0.05, 0.1) is 20.7 Å². The summed E-state index contributed by atoms with van der Waals surface area (Å²) in [4.78, 5) is 16.3. The Kier molecular flexibility index (Phi) is 6.52. The number of halogens is 3. The van der Waals surface area contributed by atoms with Crippen LogP contribution in [-0.2, 0) is 4.79 Å².